The third-order valence-electron chi connectivity index (χ3n) is 2.44. The smallest absolute Gasteiger partial charge is 0.284 e. The van der Waals surface area contributed by atoms with Gasteiger partial charge in [-0.2, -0.15) is 0 Å². The molecular weight excluding hydrogens is 265 g/mol. The Bertz CT molecular complexity index is 611. The first-order valence-electron chi connectivity index (χ1n) is 5.65. The molecule has 0 heterocycles. The van der Waals surface area contributed by atoms with Gasteiger partial charge in [-0.1, -0.05) is 48.0 Å². The molecule has 4 heteroatoms. The van der Waals surface area contributed by atoms with Crippen LogP contribution in [0.2, 0.25) is 5.02 Å². The van der Waals surface area contributed by atoms with Crippen LogP contribution in [-0.4, -0.2) is 5.91 Å². The highest BCUT2D eigenvalue weighted by Crippen LogP contribution is 2.19. The standard InChI is InChI=1S/C15H11ClFNO/c16-13-9-5-4-6-11(13)10-14(17)15(19)18-12-7-2-1-3-8-12/h1-10H,(H,18,19)/b14-10+. The van der Waals surface area contributed by atoms with Crippen LogP contribution >= 0.6 is 11.6 Å². The maximum Gasteiger partial charge on any atom is 0.284 e. The van der Waals surface area contributed by atoms with Gasteiger partial charge >= 0.3 is 0 Å². The number of rotatable bonds is 3. The summed E-state index contributed by atoms with van der Waals surface area (Å²) in [6, 6.07) is 15.4. The van der Waals surface area contributed by atoms with E-state index in [1.54, 1.807) is 48.5 Å². The summed E-state index contributed by atoms with van der Waals surface area (Å²) in [7, 11) is 0. The predicted molar refractivity (Wildman–Crippen MR) is 75.6 cm³/mol. The first-order chi connectivity index (χ1) is 9.16. The Morgan fingerprint density at radius 1 is 1.05 bits per heavy atom. The van der Waals surface area contributed by atoms with Crippen molar-refractivity contribution in [1.29, 1.82) is 0 Å². The maximum absolute atomic E-state index is 13.7. The van der Waals surface area contributed by atoms with Crippen molar-refractivity contribution in [2.75, 3.05) is 5.32 Å². The number of hydrogen-bond acceptors (Lipinski definition) is 1. The lowest BCUT2D eigenvalue weighted by Gasteiger charge is -2.03. The zero-order chi connectivity index (χ0) is 13.7. The SMILES string of the molecule is O=C(Nc1ccccc1)/C(F)=C\c1ccccc1Cl. The van der Waals surface area contributed by atoms with Gasteiger partial charge in [-0.25, -0.2) is 4.39 Å². The van der Waals surface area contributed by atoms with Crippen molar-refractivity contribution >= 4 is 29.3 Å². The number of nitrogens with one attached hydrogen (secondary N) is 1. The van der Waals surface area contributed by atoms with Crippen LogP contribution < -0.4 is 5.32 Å². The molecule has 0 saturated carbocycles. The van der Waals surface area contributed by atoms with Gasteiger partial charge in [0.05, 0.1) is 0 Å². The summed E-state index contributed by atoms with van der Waals surface area (Å²) < 4.78 is 13.7. The number of anilines is 1. The monoisotopic (exact) mass is 275 g/mol. The Labute approximate surface area is 115 Å². The Kier molecular flexibility index (Phi) is 4.31. The number of amides is 1. The van der Waals surface area contributed by atoms with E-state index in [4.69, 9.17) is 11.6 Å². The molecule has 1 amide bonds. The second-order valence-electron chi connectivity index (χ2n) is 3.83. The zero-order valence-corrected chi connectivity index (χ0v) is 10.7. The van der Waals surface area contributed by atoms with Crippen LogP contribution in [-0.2, 0) is 4.79 Å². The lowest BCUT2D eigenvalue weighted by Crippen LogP contribution is -2.11. The molecule has 0 aliphatic heterocycles. The number of hydrogen-bond donors (Lipinski definition) is 1. The molecule has 0 aromatic heterocycles. The van der Waals surface area contributed by atoms with E-state index in [9.17, 15) is 9.18 Å². The molecular formula is C15H11ClFNO. The quantitative estimate of drug-likeness (QED) is 0.832. The number of carbonyl (C=O) groups is 1. The second-order valence-corrected chi connectivity index (χ2v) is 4.24. The fourth-order valence-electron chi connectivity index (χ4n) is 1.51. The van der Waals surface area contributed by atoms with E-state index in [1.807, 2.05) is 6.07 Å². The Balaban J connectivity index is 2.14. The highest BCUT2D eigenvalue weighted by molar-refractivity contribution is 6.32. The van der Waals surface area contributed by atoms with Crippen LogP contribution in [0.15, 0.2) is 60.4 Å². The molecule has 0 unspecified atom stereocenters. The minimum atomic E-state index is -0.892. The van der Waals surface area contributed by atoms with Crippen molar-refractivity contribution in [2.24, 2.45) is 0 Å². The number of benzene rings is 2. The summed E-state index contributed by atoms with van der Waals surface area (Å²) >= 11 is 5.89. The molecule has 0 bridgehead atoms. The van der Waals surface area contributed by atoms with E-state index in [1.165, 1.54) is 0 Å². The summed E-state index contributed by atoms with van der Waals surface area (Å²) in [6.45, 7) is 0. The highest BCUT2D eigenvalue weighted by atomic mass is 35.5. The number of halogens is 2. The molecule has 1 N–H and O–H groups in total. The van der Waals surface area contributed by atoms with Crippen LogP contribution in [0.1, 0.15) is 5.56 Å². The van der Waals surface area contributed by atoms with Crippen molar-refractivity contribution in [3.8, 4) is 0 Å². The van der Waals surface area contributed by atoms with Gasteiger partial charge in [0.25, 0.3) is 5.91 Å². The lowest BCUT2D eigenvalue weighted by atomic mass is 10.2. The van der Waals surface area contributed by atoms with Crippen LogP contribution in [0.4, 0.5) is 10.1 Å². The molecule has 0 aliphatic carbocycles. The zero-order valence-electron chi connectivity index (χ0n) is 9.94. The number of para-hydroxylation sites is 1. The van der Waals surface area contributed by atoms with E-state index in [0.29, 0.717) is 16.3 Å². The molecule has 19 heavy (non-hydrogen) atoms. The topological polar surface area (TPSA) is 29.1 Å². The second kappa shape index (κ2) is 6.16. The van der Waals surface area contributed by atoms with Gasteiger partial charge in [-0.15, -0.1) is 0 Å². The third-order valence-corrected chi connectivity index (χ3v) is 2.78. The van der Waals surface area contributed by atoms with E-state index in [-0.39, 0.29) is 0 Å². The van der Waals surface area contributed by atoms with Crippen molar-refractivity contribution < 1.29 is 9.18 Å². The molecule has 0 saturated heterocycles. The van der Waals surface area contributed by atoms with Crippen LogP contribution in [0.5, 0.6) is 0 Å². The van der Waals surface area contributed by atoms with Gasteiger partial charge in [0, 0.05) is 10.7 Å². The largest absolute Gasteiger partial charge is 0.320 e. The van der Waals surface area contributed by atoms with Gasteiger partial charge in [0.15, 0.2) is 5.83 Å². The maximum atomic E-state index is 13.7. The molecule has 0 atom stereocenters. The van der Waals surface area contributed by atoms with Gasteiger partial charge in [0.2, 0.25) is 0 Å². The normalized spacial score (nSPS) is 11.2. The first kappa shape index (κ1) is 13.3. The van der Waals surface area contributed by atoms with Crippen molar-refractivity contribution in [2.45, 2.75) is 0 Å². The molecule has 96 valence electrons. The summed E-state index contributed by atoms with van der Waals surface area (Å²) in [5.74, 6) is -1.69. The van der Waals surface area contributed by atoms with Crippen LogP contribution in [0.25, 0.3) is 6.08 Å². The Hall–Kier alpha value is -2.13. The number of carbonyl (C=O) groups excluding carboxylic acids is 1. The lowest BCUT2D eigenvalue weighted by molar-refractivity contribution is -0.114. The molecule has 0 spiro atoms. The fourth-order valence-corrected chi connectivity index (χ4v) is 1.70. The molecule has 2 aromatic rings. The average molecular weight is 276 g/mol. The van der Waals surface area contributed by atoms with E-state index in [0.717, 1.165) is 6.08 Å². The van der Waals surface area contributed by atoms with Crippen molar-refractivity contribution in [3.05, 3.63) is 71.0 Å². The first-order valence-corrected chi connectivity index (χ1v) is 6.03. The van der Waals surface area contributed by atoms with Crippen LogP contribution in [0, 0.1) is 0 Å². The van der Waals surface area contributed by atoms with Gasteiger partial charge in [-0.05, 0) is 29.8 Å². The Morgan fingerprint density at radius 2 is 1.68 bits per heavy atom. The van der Waals surface area contributed by atoms with E-state index < -0.39 is 11.7 Å². The van der Waals surface area contributed by atoms with Gasteiger partial charge in [-0.3, -0.25) is 4.79 Å². The van der Waals surface area contributed by atoms with E-state index >= 15 is 0 Å². The van der Waals surface area contributed by atoms with Crippen LogP contribution in [0.3, 0.4) is 0 Å². The predicted octanol–water partition coefficient (Wildman–Crippen LogP) is 4.29. The molecule has 2 nitrogen and oxygen atoms in total. The summed E-state index contributed by atoms with van der Waals surface area (Å²) in [5.41, 5.74) is 1.00. The Morgan fingerprint density at radius 3 is 2.37 bits per heavy atom. The minimum absolute atomic E-state index is 0.394. The summed E-state index contributed by atoms with van der Waals surface area (Å²) in [6.07, 6.45) is 1.11. The highest BCUT2D eigenvalue weighted by Gasteiger charge is 2.09. The summed E-state index contributed by atoms with van der Waals surface area (Å²) in [4.78, 5) is 11.6. The third kappa shape index (κ3) is 3.66. The molecule has 2 rings (SSSR count). The van der Waals surface area contributed by atoms with Gasteiger partial charge < -0.3 is 5.32 Å². The molecule has 0 aliphatic rings. The fraction of sp³-hybridized carbons (Fsp3) is 0. The van der Waals surface area contributed by atoms with Crippen molar-refractivity contribution in [3.63, 3.8) is 0 Å². The molecule has 0 radical (unpaired) electrons. The summed E-state index contributed by atoms with van der Waals surface area (Å²) in [5, 5.41) is 2.85. The molecule has 0 fully saturated rings. The average Bonchev–Trinajstić information content (AvgIpc) is 2.42. The molecule has 2 aromatic carbocycles. The van der Waals surface area contributed by atoms with E-state index in [2.05, 4.69) is 5.32 Å². The minimum Gasteiger partial charge on any atom is -0.320 e. The van der Waals surface area contributed by atoms with Gasteiger partial charge in [0.1, 0.15) is 0 Å². The van der Waals surface area contributed by atoms with Crippen molar-refractivity contribution in [1.82, 2.24) is 0 Å².